The number of sulfonamides is 1. The number of aliphatic hydroxyl groups is 1. The van der Waals surface area contributed by atoms with Crippen molar-refractivity contribution in [3.63, 3.8) is 0 Å². The summed E-state index contributed by atoms with van der Waals surface area (Å²) in [5, 5.41) is 14.9. The number of hydrogen-bond acceptors (Lipinski definition) is 4. The molecule has 1 aromatic heterocycles. The van der Waals surface area contributed by atoms with Gasteiger partial charge < -0.3 is 5.11 Å². The minimum Gasteiger partial charge on any atom is -0.394 e. The average molecular weight is 217 g/mol. The van der Waals surface area contributed by atoms with Crippen molar-refractivity contribution in [2.24, 2.45) is 0 Å². The first kappa shape index (κ1) is 9.63. The minimum absolute atomic E-state index is 0.0252. The Hall–Kier alpha value is -0.920. The lowest BCUT2D eigenvalue weighted by atomic mass is 10.3. The van der Waals surface area contributed by atoms with Crippen molar-refractivity contribution in [3.05, 3.63) is 12.3 Å². The van der Waals surface area contributed by atoms with Crippen LogP contribution in [-0.2, 0) is 10.0 Å². The maximum atomic E-state index is 11.6. The van der Waals surface area contributed by atoms with E-state index < -0.39 is 15.6 Å². The van der Waals surface area contributed by atoms with Crippen LogP contribution >= 0.6 is 0 Å². The molecule has 78 valence electrons. The van der Waals surface area contributed by atoms with Crippen LogP contribution in [0.1, 0.15) is 12.8 Å². The van der Waals surface area contributed by atoms with Gasteiger partial charge in [-0.2, -0.15) is 5.10 Å². The number of aromatic amines is 1. The summed E-state index contributed by atoms with van der Waals surface area (Å²) < 4.78 is 25.7. The molecule has 1 aliphatic carbocycles. The van der Waals surface area contributed by atoms with E-state index in [-0.39, 0.29) is 11.6 Å². The van der Waals surface area contributed by atoms with Crippen LogP contribution in [0.3, 0.4) is 0 Å². The van der Waals surface area contributed by atoms with Gasteiger partial charge in [-0.3, -0.25) is 5.10 Å². The third-order valence-electron chi connectivity index (χ3n) is 2.27. The van der Waals surface area contributed by atoms with Gasteiger partial charge in [-0.05, 0) is 18.9 Å². The van der Waals surface area contributed by atoms with Gasteiger partial charge in [0.2, 0.25) is 0 Å². The molecule has 1 fully saturated rings. The van der Waals surface area contributed by atoms with E-state index in [0.29, 0.717) is 12.8 Å². The Kier molecular flexibility index (Phi) is 2.09. The van der Waals surface area contributed by atoms with Crippen molar-refractivity contribution in [3.8, 4) is 0 Å². The number of aromatic nitrogens is 2. The van der Waals surface area contributed by atoms with Crippen molar-refractivity contribution in [2.75, 3.05) is 6.61 Å². The van der Waals surface area contributed by atoms with Crippen molar-refractivity contribution >= 4 is 10.0 Å². The highest BCUT2D eigenvalue weighted by Crippen LogP contribution is 2.35. The zero-order valence-corrected chi connectivity index (χ0v) is 8.21. The monoisotopic (exact) mass is 217 g/mol. The van der Waals surface area contributed by atoms with Crippen LogP contribution in [0.4, 0.5) is 0 Å². The van der Waals surface area contributed by atoms with E-state index in [4.69, 9.17) is 5.11 Å². The molecule has 0 radical (unpaired) electrons. The van der Waals surface area contributed by atoms with E-state index in [1.807, 2.05) is 0 Å². The van der Waals surface area contributed by atoms with E-state index in [0.717, 1.165) is 0 Å². The second-order valence-electron chi connectivity index (χ2n) is 3.46. The smallest absolute Gasteiger partial charge is 0.258 e. The predicted octanol–water partition coefficient (Wildman–Crippen LogP) is -0.787. The minimum atomic E-state index is -3.55. The second-order valence-corrected chi connectivity index (χ2v) is 5.12. The van der Waals surface area contributed by atoms with Crippen LogP contribution in [0.5, 0.6) is 0 Å². The van der Waals surface area contributed by atoms with Gasteiger partial charge in [0.05, 0.1) is 18.3 Å². The Bertz CT molecular complexity index is 407. The lowest BCUT2D eigenvalue weighted by molar-refractivity contribution is 0.246. The Morgan fingerprint density at radius 3 is 2.79 bits per heavy atom. The van der Waals surface area contributed by atoms with Crippen LogP contribution < -0.4 is 4.72 Å². The highest BCUT2D eigenvalue weighted by molar-refractivity contribution is 7.89. The molecular weight excluding hydrogens is 206 g/mol. The number of aliphatic hydroxyl groups excluding tert-OH is 1. The third kappa shape index (κ3) is 1.66. The van der Waals surface area contributed by atoms with Crippen LogP contribution in [-0.4, -0.2) is 35.9 Å². The van der Waals surface area contributed by atoms with Crippen LogP contribution in [0.2, 0.25) is 0 Å². The fourth-order valence-electron chi connectivity index (χ4n) is 1.18. The molecule has 0 atom stereocenters. The lowest BCUT2D eigenvalue weighted by Gasteiger charge is -2.12. The van der Waals surface area contributed by atoms with Gasteiger partial charge in [0.1, 0.15) is 0 Å². The highest BCUT2D eigenvalue weighted by atomic mass is 32.2. The number of nitrogens with zero attached hydrogens (tertiary/aromatic N) is 1. The third-order valence-corrected chi connectivity index (χ3v) is 3.78. The summed E-state index contributed by atoms with van der Waals surface area (Å²) in [6, 6.07) is 1.37. The Balaban J connectivity index is 2.19. The summed E-state index contributed by atoms with van der Waals surface area (Å²) in [6.45, 7) is -0.166. The fraction of sp³-hybridized carbons (Fsp3) is 0.571. The van der Waals surface area contributed by atoms with Crippen LogP contribution in [0.15, 0.2) is 17.3 Å². The van der Waals surface area contributed by atoms with Crippen molar-refractivity contribution in [2.45, 2.75) is 23.4 Å². The molecule has 2 rings (SSSR count). The van der Waals surface area contributed by atoms with Gasteiger partial charge in [0.15, 0.2) is 5.03 Å². The Labute approximate surface area is 81.4 Å². The average Bonchev–Trinajstić information content (AvgIpc) is 2.70. The standard InChI is InChI=1S/C7H11N3O3S/c11-5-7(2-3-7)10-14(12,13)6-1-4-8-9-6/h1,4,10-11H,2-3,5H2,(H,8,9). The van der Waals surface area contributed by atoms with Gasteiger partial charge in [0, 0.05) is 0 Å². The van der Waals surface area contributed by atoms with Gasteiger partial charge >= 0.3 is 0 Å². The summed E-state index contributed by atoms with van der Waals surface area (Å²) in [4.78, 5) is 0. The molecule has 3 N–H and O–H groups in total. The first-order valence-electron chi connectivity index (χ1n) is 4.22. The largest absolute Gasteiger partial charge is 0.394 e. The molecule has 6 nitrogen and oxygen atoms in total. The van der Waals surface area contributed by atoms with E-state index in [1.165, 1.54) is 12.3 Å². The maximum absolute atomic E-state index is 11.6. The van der Waals surface area contributed by atoms with Gasteiger partial charge in [0.25, 0.3) is 10.0 Å². The first-order chi connectivity index (χ1) is 6.58. The lowest BCUT2D eigenvalue weighted by Crippen LogP contribution is -2.39. The van der Waals surface area contributed by atoms with Crippen molar-refractivity contribution in [1.29, 1.82) is 0 Å². The molecule has 7 heteroatoms. The summed E-state index contributed by atoms with van der Waals surface area (Å²) in [6.07, 6.45) is 2.72. The molecule has 1 saturated carbocycles. The maximum Gasteiger partial charge on any atom is 0.258 e. The van der Waals surface area contributed by atoms with E-state index in [2.05, 4.69) is 14.9 Å². The quantitative estimate of drug-likeness (QED) is 0.616. The molecule has 0 bridgehead atoms. The van der Waals surface area contributed by atoms with Crippen LogP contribution in [0, 0.1) is 0 Å². The van der Waals surface area contributed by atoms with E-state index in [9.17, 15) is 8.42 Å². The SMILES string of the molecule is O=S(=O)(NC1(CO)CC1)c1ccn[nH]1. The molecule has 0 saturated heterocycles. The topological polar surface area (TPSA) is 95.1 Å². The van der Waals surface area contributed by atoms with Gasteiger partial charge in [-0.1, -0.05) is 0 Å². The van der Waals surface area contributed by atoms with Gasteiger partial charge in [-0.15, -0.1) is 0 Å². The fourth-order valence-corrected chi connectivity index (χ4v) is 2.54. The van der Waals surface area contributed by atoms with Crippen LogP contribution in [0.25, 0.3) is 0 Å². The van der Waals surface area contributed by atoms with Gasteiger partial charge in [-0.25, -0.2) is 13.1 Å². The molecule has 0 aromatic carbocycles. The zero-order valence-electron chi connectivity index (χ0n) is 7.40. The molecule has 14 heavy (non-hydrogen) atoms. The molecule has 0 aliphatic heterocycles. The van der Waals surface area contributed by atoms with Crippen molar-refractivity contribution in [1.82, 2.24) is 14.9 Å². The molecule has 0 unspecified atom stereocenters. The number of hydrogen-bond donors (Lipinski definition) is 3. The molecule has 1 heterocycles. The van der Waals surface area contributed by atoms with E-state index in [1.54, 1.807) is 0 Å². The Morgan fingerprint density at radius 1 is 1.64 bits per heavy atom. The summed E-state index contributed by atoms with van der Waals surface area (Å²) in [5.41, 5.74) is -0.635. The van der Waals surface area contributed by atoms with E-state index >= 15 is 0 Å². The molecule has 1 aliphatic rings. The summed E-state index contributed by atoms with van der Waals surface area (Å²) >= 11 is 0. The highest BCUT2D eigenvalue weighted by Gasteiger charge is 2.45. The molecule has 0 spiro atoms. The molecular formula is C7H11N3O3S. The Morgan fingerprint density at radius 2 is 2.36 bits per heavy atom. The molecule has 1 aromatic rings. The predicted molar refractivity (Wildman–Crippen MR) is 48.0 cm³/mol. The second kappa shape index (κ2) is 3.04. The first-order valence-corrected chi connectivity index (χ1v) is 5.71. The number of rotatable bonds is 4. The summed E-state index contributed by atoms with van der Waals surface area (Å²) in [7, 11) is -3.55. The summed E-state index contributed by atoms with van der Waals surface area (Å²) in [5.74, 6) is 0. The molecule has 0 amide bonds. The number of nitrogens with one attached hydrogen (secondary N) is 2. The number of H-pyrrole nitrogens is 1. The normalized spacial score (nSPS) is 19.5. The van der Waals surface area contributed by atoms with Crippen molar-refractivity contribution < 1.29 is 13.5 Å². The zero-order chi connectivity index (χ0) is 10.2.